The SMILES string of the molecule is CC1COB(C2(B3OCC(C)O3)C=NNC2(B2OCC(C)O2)B2OCC(C)O2)O1. The van der Waals surface area contributed by atoms with Crippen LogP contribution in [0, 0.1) is 0 Å². The summed E-state index contributed by atoms with van der Waals surface area (Å²) >= 11 is 0. The summed E-state index contributed by atoms with van der Waals surface area (Å²) in [7, 11) is -2.89. The summed E-state index contributed by atoms with van der Waals surface area (Å²) in [5.41, 5.74) is 3.22. The second kappa shape index (κ2) is 7.52. The minimum atomic E-state index is -1.13. The zero-order valence-corrected chi connectivity index (χ0v) is 17.2. The molecule has 4 fully saturated rings. The summed E-state index contributed by atoms with van der Waals surface area (Å²) in [5, 5.41) is 2.26. The van der Waals surface area contributed by atoms with Crippen LogP contribution in [-0.4, -0.2) is 90.9 Å². The number of rotatable bonds is 4. The van der Waals surface area contributed by atoms with Crippen LogP contribution >= 0.6 is 0 Å². The number of nitrogens with zero attached hydrogens (tertiary/aromatic N) is 1. The Morgan fingerprint density at radius 1 is 0.690 bits per heavy atom. The van der Waals surface area contributed by atoms with Gasteiger partial charge in [-0.15, -0.1) is 0 Å². The molecular formula is C15H26B4N2O8. The van der Waals surface area contributed by atoms with E-state index < -0.39 is 39.0 Å². The zero-order valence-electron chi connectivity index (χ0n) is 17.2. The van der Waals surface area contributed by atoms with E-state index in [0.717, 1.165) is 0 Å². The van der Waals surface area contributed by atoms with Crippen LogP contribution in [0.4, 0.5) is 0 Å². The number of nitrogens with one attached hydrogen (secondary N) is 1. The largest absolute Gasteiger partial charge is 0.483 e. The molecule has 0 spiro atoms. The normalized spacial score (nSPS) is 45.1. The fraction of sp³-hybridized carbons (Fsp3) is 0.933. The van der Waals surface area contributed by atoms with Gasteiger partial charge in [-0.1, -0.05) is 0 Å². The lowest BCUT2D eigenvalue weighted by Gasteiger charge is -2.45. The summed E-state index contributed by atoms with van der Waals surface area (Å²) in [6.45, 7) is 9.62. The first-order valence-electron chi connectivity index (χ1n) is 10.4. The first kappa shape index (κ1) is 20.3. The quantitative estimate of drug-likeness (QED) is 0.613. The third kappa shape index (κ3) is 3.03. The Hall–Kier alpha value is -0.590. The first-order valence-corrected chi connectivity index (χ1v) is 10.4. The molecule has 5 heterocycles. The van der Waals surface area contributed by atoms with Crippen LogP contribution < -0.4 is 5.43 Å². The molecule has 0 bridgehead atoms. The summed E-state index contributed by atoms with van der Waals surface area (Å²) in [6.07, 6.45) is 1.38. The Balaban J connectivity index is 1.62. The molecule has 0 amide bonds. The average molecular weight is 406 g/mol. The molecule has 1 N–H and O–H groups in total. The van der Waals surface area contributed by atoms with Crippen LogP contribution in [0.3, 0.4) is 0 Å². The molecule has 5 rings (SSSR count). The monoisotopic (exact) mass is 406 g/mol. The maximum atomic E-state index is 6.19. The van der Waals surface area contributed by atoms with Crippen molar-refractivity contribution in [2.75, 3.05) is 26.4 Å². The third-order valence-electron chi connectivity index (χ3n) is 6.12. The van der Waals surface area contributed by atoms with Gasteiger partial charge in [0.15, 0.2) is 0 Å². The molecule has 4 saturated heterocycles. The lowest BCUT2D eigenvalue weighted by atomic mass is 9.20. The minimum Gasteiger partial charge on any atom is -0.408 e. The highest BCUT2D eigenvalue weighted by molar-refractivity contribution is 6.87. The lowest BCUT2D eigenvalue weighted by molar-refractivity contribution is 0.211. The average Bonchev–Trinajstić information content (AvgIpc) is 3.46. The topological polar surface area (TPSA) is 98.2 Å². The second-order valence-corrected chi connectivity index (χ2v) is 8.62. The van der Waals surface area contributed by atoms with Gasteiger partial charge in [-0.2, -0.15) is 5.10 Å². The van der Waals surface area contributed by atoms with E-state index in [4.69, 9.17) is 37.2 Å². The molecule has 156 valence electrons. The predicted octanol–water partition coefficient (Wildman–Crippen LogP) is -0.634. The number of hydrogen-bond acceptors (Lipinski definition) is 10. The van der Waals surface area contributed by atoms with Crippen LogP contribution in [0.15, 0.2) is 5.10 Å². The van der Waals surface area contributed by atoms with Gasteiger partial charge in [-0.3, -0.25) is 0 Å². The highest BCUT2D eigenvalue weighted by Crippen LogP contribution is 2.54. The lowest BCUT2D eigenvalue weighted by Crippen LogP contribution is -2.77. The van der Waals surface area contributed by atoms with Gasteiger partial charge in [-0.25, -0.2) is 0 Å². The van der Waals surface area contributed by atoms with Gasteiger partial charge in [-0.05, 0) is 27.7 Å². The molecule has 14 heteroatoms. The standard InChI is InChI=1S/C15H26B4N2O8/c1-10-5-22-16(26-10)14(17-23-6-11(2)27-17)9-20-21-15(14,18-24-7-12(3)28-18)19-25-8-13(4)29-19/h9-13,21H,5-8H2,1-4H3. The van der Waals surface area contributed by atoms with Crippen LogP contribution in [-0.2, 0) is 37.2 Å². The van der Waals surface area contributed by atoms with E-state index in [1.807, 2.05) is 27.7 Å². The van der Waals surface area contributed by atoms with E-state index in [-0.39, 0.29) is 24.4 Å². The van der Waals surface area contributed by atoms with E-state index in [2.05, 4.69) is 10.5 Å². The summed E-state index contributed by atoms with van der Waals surface area (Å²) in [5.74, 6) is 0. The van der Waals surface area contributed by atoms with E-state index in [1.165, 1.54) is 0 Å². The van der Waals surface area contributed by atoms with Gasteiger partial charge < -0.3 is 42.7 Å². The zero-order chi connectivity index (χ0) is 20.2. The van der Waals surface area contributed by atoms with E-state index in [0.29, 0.717) is 26.4 Å². The van der Waals surface area contributed by atoms with Crippen LogP contribution in [0.1, 0.15) is 27.7 Å². The van der Waals surface area contributed by atoms with E-state index >= 15 is 0 Å². The molecule has 0 radical (unpaired) electrons. The van der Waals surface area contributed by atoms with Gasteiger partial charge in [0.25, 0.3) is 0 Å². The molecule has 4 unspecified atom stereocenters. The van der Waals surface area contributed by atoms with Crippen molar-refractivity contribution < 1.29 is 37.2 Å². The highest BCUT2D eigenvalue weighted by Gasteiger charge is 2.82. The van der Waals surface area contributed by atoms with Crippen LogP contribution in [0.2, 0.25) is 5.21 Å². The first-order chi connectivity index (χ1) is 14.0. The van der Waals surface area contributed by atoms with Crippen molar-refractivity contribution in [2.45, 2.75) is 62.7 Å². The second-order valence-electron chi connectivity index (χ2n) is 8.62. The molecule has 10 nitrogen and oxygen atoms in total. The smallest absolute Gasteiger partial charge is 0.408 e. The van der Waals surface area contributed by atoms with Gasteiger partial charge in [0.05, 0.1) is 56.1 Å². The molecule has 0 aromatic carbocycles. The Kier molecular flexibility index (Phi) is 5.27. The molecule has 0 aliphatic carbocycles. The molecule has 0 aromatic heterocycles. The maximum absolute atomic E-state index is 6.19. The summed E-state index contributed by atoms with van der Waals surface area (Å²) in [4.78, 5) is 0. The van der Waals surface area contributed by atoms with Crippen LogP contribution in [0.25, 0.3) is 0 Å². The summed E-state index contributed by atoms with van der Waals surface area (Å²) in [6, 6.07) is 0. The van der Waals surface area contributed by atoms with Gasteiger partial charge >= 0.3 is 28.5 Å². The molecule has 4 atom stereocenters. The van der Waals surface area contributed by atoms with Crippen molar-refractivity contribution in [1.29, 1.82) is 0 Å². The predicted molar refractivity (Wildman–Crippen MR) is 106 cm³/mol. The van der Waals surface area contributed by atoms with Crippen molar-refractivity contribution in [2.24, 2.45) is 5.10 Å². The number of hydrazone groups is 1. The molecule has 29 heavy (non-hydrogen) atoms. The molecule has 0 aromatic rings. The highest BCUT2D eigenvalue weighted by atomic mass is 16.7. The van der Waals surface area contributed by atoms with E-state index in [9.17, 15) is 0 Å². The Labute approximate surface area is 172 Å². The van der Waals surface area contributed by atoms with Gasteiger partial charge in [0.1, 0.15) is 5.34 Å². The van der Waals surface area contributed by atoms with Crippen molar-refractivity contribution in [3.05, 3.63) is 0 Å². The summed E-state index contributed by atoms with van der Waals surface area (Å²) < 4.78 is 49.1. The van der Waals surface area contributed by atoms with Crippen molar-refractivity contribution in [1.82, 2.24) is 5.43 Å². The fourth-order valence-corrected chi connectivity index (χ4v) is 4.73. The van der Waals surface area contributed by atoms with Gasteiger partial charge in [0, 0.05) is 6.21 Å². The fourth-order valence-electron chi connectivity index (χ4n) is 4.73. The maximum Gasteiger partial charge on any atom is 0.483 e. The molecule has 5 aliphatic heterocycles. The Morgan fingerprint density at radius 3 is 1.41 bits per heavy atom. The van der Waals surface area contributed by atoms with E-state index in [1.54, 1.807) is 6.21 Å². The van der Waals surface area contributed by atoms with Gasteiger partial charge in [0.2, 0.25) is 0 Å². The molecule has 0 saturated carbocycles. The third-order valence-corrected chi connectivity index (χ3v) is 6.12. The Bertz CT molecular complexity index is 622. The minimum absolute atomic E-state index is 0.0870. The van der Waals surface area contributed by atoms with Crippen molar-refractivity contribution in [3.63, 3.8) is 0 Å². The van der Waals surface area contributed by atoms with Crippen molar-refractivity contribution >= 4 is 34.7 Å². The van der Waals surface area contributed by atoms with Crippen molar-refractivity contribution in [3.8, 4) is 0 Å². The molecular weight excluding hydrogens is 379 g/mol. The molecule has 5 aliphatic rings. The number of hydrogen-bond donors (Lipinski definition) is 1. The Morgan fingerprint density at radius 2 is 1.07 bits per heavy atom. The van der Waals surface area contributed by atoms with Crippen LogP contribution in [0.5, 0.6) is 0 Å².